The van der Waals surface area contributed by atoms with Crippen LogP contribution in [0.5, 0.6) is 0 Å². The highest BCUT2D eigenvalue weighted by molar-refractivity contribution is 5.45. The van der Waals surface area contributed by atoms with Crippen molar-refractivity contribution in [3.05, 3.63) is 6.08 Å². The minimum atomic E-state index is -1.10. The largest absolute Gasteiger partial charge is 0.242 e. The lowest BCUT2D eigenvalue weighted by atomic mass is 10.3. The minimum absolute atomic E-state index is 0.356. The van der Waals surface area contributed by atoms with Gasteiger partial charge in [0.05, 0.1) is 0 Å². The molecular weight excluding hydrogens is 95.1 g/mol. The van der Waals surface area contributed by atoms with Crippen molar-refractivity contribution in [2.45, 2.75) is 19.5 Å². The highest BCUT2D eigenvalue weighted by Gasteiger charge is 1.92. The molecule has 1 nitrogen and oxygen atoms in total. The van der Waals surface area contributed by atoms with Crippen molar-refractivity contribution in [1.29, 1.82) is 0 Å². The standard InChI is InChI=1S/C5H7FO/c1-2-5(6)3-4-7/h3,5H,2H2,1H3. The van der Waals surface area contributed by atoms with E-state index in [1.807, 2.05) is 0 Å². The minimum Gasteiger partial charge on any atom is -0.242 e. The summed E-state index contributed by atoms with van der Waals surface area (Å²) in [7, 11) is 0. The predicted molar refractivity (Wildman–Crippen MR) is 25.5 cm³/mol. The number of alkyl halides is 1. The van der Waals surface area contributed by atoms with Crippen LogP contribution in [0.2, 0.25) is 0 Å². The van der Waals surface area contributed by atoms with Crippen LogP contribution in [0.3, 0.4) is 0 Å². The van der Waals surface area contributed by atoms with Crippen LogP contribution in [0, 0.1) is 0 Å². The Morgan fingerprint density at radius 2 is 2.57 bits per heavy atom. The van der Waals surface area contributed by atoms with Crippen LogP contribution in [0.15, 0.2) is 6.08 Å². The second-order valence-electron chi connectivity index (χ2n) is 1.21. The molecule has 0 aromatic carbocycles. The second kappa shape index (κ2) is 3.57. The molecule has 0 spiro atoms. The Morgan fingerprint density at radius 3 is 2.71 bits per heavy atom. The van der Waals surface area contributed by atoms with Gasteiger partial charge in [0.2, 0.25) is 0 Å². The molecule has 40 valence electrons. The summed E-state index contributed by atoms with van der Waals surface area (Å²) in [6.45, 7) is 1.67. The van der Waals surface area contributed by atoms with E-state index in [9.17, 15) is 9.18 Å². The monoisotopic (exact) mass is 102 g/mol. The fourth-order valence-corrected chi connectivity index (χ4v) is 0.192. The van der Waals surface area contributed by atoms with Crippen LogP contribution in [-0.4, -0.2) is 12.1 Å². The average molecular weight is 102 g/mol. The molecule has 1 atom stereocenters. The smallest absolute Gasteiger partial charge is 0.128 e. The fraction of sp³-hybridized carbons (Fsp3) is 0.600. The lowest BCUT2D eigenvalue weighted by molar-refractivity contribution is 0.391. The molecule has 0 aliphatic rings. The van der Waals surface area contributed by atoms with Crippen LogP contribution in [0.4, 0.5) is 4.39 Å². The third-order valence-electron chi connectivity index (χ3n) is 0.639. The van der Waals surface area contributed by atoms with Gasteiger partial charge in [-0.15, -0.1) is 0 Å². The SMILES string of the molecule is CCC(F)C=C=O. The van der Waals surface area contributed by atoms with Crippen molar-refractivity contribution in [2.24, 2.45) is 0 Å². The van der Waals surface area contributed by atoms with Crippen LogP contribution in [-0.2, 0) is 4.79 Å². The summed E-state index contributed by atoms with van der Waals surface area (Å²) in [6.07, 6.45) is 0.132. The Hall–Kier alpha value is -0.620. The molecule has 0 aromatic rings. The average Bonchev–Trinajstić information content (AvgIpc) is 1.68. The molecule has 0 N–H and O–H groups in total. The third-order valence-corrected chi connectivity index (χ3v) is 0.639. The molecule has 0 aromatic heterocycles. The first kappa shape index (κ1) is 6.38. The number of rotatable bonds is 2. The van der Waals surface area contributed by atoms with Crippen LogP contribution in [0.25, 0.3) is 0 Å². The maximum atomic E-state index is 11.8. The lowest BCUT2D eigenvalue weighted by Crippen LogP contribution is -1.89. The molecule has 0 saturated heterocycles. The summed E-state index contributed by atoms with van der Waals surface area (Å²) in [6, 6.07) is 0. The van der Waals surface area contributed by atoms with Gasteiger partial charge in [0.1, 0.15) is 12.1 Å². The molecule has 0 radical (unpaired) electrons. The molecule has 7 heavy (non-hydrogen) atoms. The zero-order valence-electron chi connectivity index (χ0n) is 4.15. The van der Waals surface area contributed by atoms with Gasteiger partial charge >= 0.3 is 0 Å². The van der Waals surface area contributed by atoms with Gasteiger partial charge in [0.15, 0.2) is 0 Å². The maximum Gasteiger partial charge on any atom is 0.128 e. The third kappa shape index (κ3) is 3.20. The highest BCUT2D eigenvalue weighted by Crippen LogP contribution is 1.93. The Labute approximate surface area is 41.8 Å². The number of hydrogen-bond acceptors (Lipinski definition) is 1. The summed E-state index contributed by atoms with van der Waals surface area (Å²) >= 11 is 0. The molecule has 0 aliphatic carbocycles. The summed E-state index contributed by atoms with van der Waals surface area (Å²) in [5.41, 5.74) is 0. The first-order valence-electron chi connectivity index (χ1n) is 2.16. The second-order valence-corrected chi connectivity index (χ2v) is 1.21. The van der Waals surface area contributed by atoms with Crippen LogP contribution >= 0.6 is 0 Å². The van der Waals surface area contributed by atoms with E-state index in [-0.39, 0.29) is 0 Å². The van der Waals surface area contributed by atoms with Crippen molar-refractivity contribution in [3.63, 3.8) is 0 Å². The van der Waals surface area contributed by atoms with Crippen molar-refractivity contribution in [3.8, 4) is 0 Å². The van der Waals surface area contributed by atoms with Gasteiger partial charge in [-0.05, 0) is 6.42 Å². The van der Waals surface area contributed by atoms with Crippen LogP contribution in [0.1, 0.15) is 13.3 Å². The van der Waals surface area contributed by atoms with E-state index < -0.39 is 6.17 Å². The summed E-state index contributed by atoms with van der Waals surface area (Å²) in [4.78, 5) is 9.35. The molecule has 0 bridgehead atoms. The summed E-state index contributed by atoms with van der Waals surface area (Å²) < 4.78 is 11.8. The van der Waals surface area contributed by atoms with E-state index in [0.29, 0.717) is 6.42 Å². The number of halogens is 1. The molecule has 0 saturated carbocycles. The number of carbonyl (C=O) groups excluding carboxylic acids is 1. The Kier molecular flexibility index (Phi) is 3.25. The van der Waals surface area contributed by atoms with Crippen molar-refractivity contribution < 1.29 is 9.18 Å². The Morgan fingerprint density at radius 1 is 2.00 bits per heavy atom. The van der Waals surface area contributed by atoms with E-state index in [2.05, 4.69) is 0 Å². The van der Waals surface area contributed by atoms with Gasteiger partial charge in [0, 0.05) is 6.08 Å². The van der Waals surface area contributed by atoms with E-state index >= 15 is 0 Å². The Bertz CT molecular complexity index is 84.1. The van der Waals surface area contributed by atoms with E-state index in [4.69, 9.17) is 0 Å². The van der Waals surface area contributed by atoms with E-state index in [1.54, 1.807) is 6.92 Å². The maximum absolute atomic E-state index is 11.8. The molecule has 0 amide bonds. The molecular formula is C5H7FO. The molecule has 0 heterocycles. The van der Waals surface area contributed by atoms with Crippen LogP contribution < -0.4 is 0 Å². The van der Waals surface area contributed by atoms with Crippen molar-refractivity contribution in [1.82, 2.24) is 0 Å². The van der Waals surface area contributed by atoms with Gasteiger partial charge in [-0.3, -0.25) is 0 Å². The number of allylic oxidation sites excluding steroid dienone is 1. The summed E-state index contributed by atoms with van der Waals surface area (Å²) in [5.74, 6) is 1.37. The quantitative estimate of drug-likeness (QED) is 0.477. The Balaban J connectivity index is 3.35. The molecule has 0 aliphatic heterocycles. The van der Waals surface area contributed by atoms with E-state index in [1.165, 1.54) is 5.94 Å². The van der Waals surface area contributed by atoms with Gasteiger partial charge in [0.25, 0.3) is 0 Å². The first-order valence-corrected chi connectivity index (χ1v) is 2.16. The fourth-order valence-electron chi connectivity index (χ4n) is 0.192. The van der Waals surface area contributed by atoms with Crippen molar-refractivity contribution >= 4 is 5.94 Å². The predicted octanol–water partition coefficient (Wildman–Crippen LogP) is 1.12. The molecule has 2 heteroatoms. The van der Waals surface area contributed by atoms with Gasteiger partial charge < -0.3 is 0 Å². The number of hydrogen-bond donors (Lipinski definition) is 0. The van der Waals surface area contributed by atoms with Gasteiger partial charge in [-0.25, -0.2) is 9.18 Å². The van der Waals surface area contributed by atoms with Gasteiger partial charge in [-0.1, -0.05) is 6.92 Å². The van der Waals surface area contributed by atoms with E-state index in [0.717, 1.165) is 6.08 Å². The van der Waals surface area contributed by atoms with Crippen molar-refractivity contribution in [2.75, 3.05) is 0 Å². The first-order chi connectivity index (χ1) is 3.31. The zero-order chi connectivity index (χ0) is 5.70. The summed E-state index contributed by atoms with van der Waals surface area (Å²) in [5, 5.41) is 0. The normalized spacial score (nSPS) is 12.3. The lowest BCUT2D eigenvalue weighted by Gasteiger charge is -1.87. The zero-order valence-corrected chi connectivity index (χ0v) is 4.15. The topological polar surface area (TPSA) is 17.1 Å². The van der Waals surface area contributed by atoms with Gasteiger partial charge in [-0.2, -0.15) is 0 Å². The molecule has 1 unspecified atom stereocenters. The molecule has 0 rings (SSSR count). The molecule has 0 fully saturated rings. The highest BCUT2D eigenvalue weighted by atomic mass is 19.1.